The fraction of sp³-hybridized carbons (Fsp3) is 0.263. The van der Waals surface area contributed by atoms with Gasteiger partial charge in [-0.1, -0.05) is 12.1 Å². The summed E-state index contributed by atoms with van der Waals surface area (Å²) in [5.74, 6) is -0.105. The SMILES string of the molecule is CN1CCN(C(=O)c2ccc(NC(=O)c3ccccc3I)cc2)CC1. The molecule has 5 nitrogen and oxygen atoms in total. The highest BCUT2D eigenvalue weighted by Crippen LogP contribution is 2.16. The third-order valence-electron chi connectivity index (χ3n) is 4.30. The van der Waals surface area contributed by atoms with Crippen LogP contribution >= 0.6 is 22.6 Å². The van der Waals surface area contributed by atoms with E-state index in [-0.39, 0.29) is 11.8 Å². The van der Waals surface area contributed by atoms with Gasteiger partial charge in [0.2, 0.25) is 0 Å². The molecule has 0 aliphatic carbocycles. The Morgan fingerprint density at radius 2 is 1.60 bits per heavy atom. The molecule has 0 saturated carbocycles. The minimum absolute atomic E-state index is 0.0450. The van der Waals surface area contributed by atoms with Gasteiger partial charge in [0.05, 0.1) is 5.56 Å². The lowest BCUT2D eigenvalue weighted by atomic mass is 10.1. The van der Waals surface area contributed by atoms with Crippen LogP contribution in [-0.2, 0) is 0 Å². The molecule has 1 fully saturated rings. The maximum absolute atomic E-state index is 12.5. The second kappa shape index (κ2) is 7.97. The fourth-order valence-corrected chi connectivity index (χ4v) is 3.36. The lowest BCUT2D eigenvalue weighted by Gasteiger charge is -2.32. The molecule has 2 amide bonds. The summed E-state index contributed by atoms with van der Waals surface area (Å²) in [4.78, 5) is 29.0. The van der Waals surface area contributed by atoms with Crippen LogP contribution in [0.1, 0.15) is 20.7 Å². The van der Waals surface area contributed by atoms with E-state index in [4.69, 9.17) is 0 Å². The van der Waals surface area contributed by atoms with Gasteiger partial charge in [-0.15, -0.1) is 0 Å². The van der Waals surface area contributed by atoms with Crippen molar-refractivity contribution in [2.45, 2.75) is 0 Å². The molecule has 130 valence electrons. The first kappa shape index (κ1) is 17.9. The molecule has 0 atom stereocenters. The summed E-state index contributed by atoms with van der Waals surface area (Å²) in [5.41, 5.74) is 1.97. The molecule has 2 aromatic rings. The number of hydrogen-bond acceptors (Lipinski definition) is 3. The minimum atomic E-state index is -0.150. The van der Waals surface area contributed by atoms with E-state index in [0.29, 0.717) is 16.8 Å². The highest BCUT2D eigenvalue weighted by molar-refractivity contribution is 14.1. The number of nitrogens with zero attached hydrogens (tertiary/aromatic N) is 2. The number of likely N-dealkylation sites (N-methyl/N-ethyl adjacent to an activating group) is 1. The van der Waals surface area contributed by atoms with Gasteiger partial charge in [-0.05, 0) is 66.0 Å². The van der Waals surface area contributed by atoms with E-state index in [2.05, 4.69) is 39.9 Å². The molecule has 0 bridgehead atoms. The quantitative estimate of drug-likeness (QED) is 0.734. The summed E-state index contributed by atoms with van der Waals surface area (Å²) >= 11 is 2.14. The fourth-order valence-electron chi connectivity index (χ4n) is 2.73. The molecule has 1 heterocycles. The Morgan fingerprint density at radius 1 is 0.960 bits per heavy atom. The molecule has 0 aromatic heterocycles. The summed E-state index contributed by atoms with van der Waals surface area (Å²) in [6, 6.07) is 14.5. The van der Waals surface area contributed by atoms with Crippen molar-refractivity contribution in [3.05, 3.63) is 63.2 Å². The summed E-state index contributed by atoms with van der Waals surface area (Å²) in [5, 5.41) is 2.88. The second-order valence-corrected chi connectivity index (χ2v) is 7.27. The van der Waals surface area contributed by atoms with Crippen LogP contribution in [0.25, 0.3) is 0 Å². The number of benzene rings is 2. The molecule has 1 N–H and O–H groups in total. The molecule has 1 saturated heterocycles. The summed E-state index contributed by atoms with van der Waals surface area (Å²) < 4.78 is 0.902. The van der Waals surface area contributed by atoms with Crippen LogP contribution in [0.3, 0.4) is 0 Å². The second-order valence-electron chi connectivity index (χ2n) is 6.11. The topological polar surface area (TPSA) is 52.6 Å². The Hall–Kier alpha value is -1.93. The van der Waals surface area contributed by atoms with Gasteiger partial charge in [0, 0.05) is 41.0 Å². The number of hydrogen-bond donors (Lipinski definition) is 1. The molecule has 0 radical (unpaired) electrons. The maximum Gasteiger partial charge on any atom is 0.256 e. The monoisotopic (exact) mass is 449 g/mol. The van der Waals surface area contributed by atoms with Crippen molar-refractivity contribution < 1.29 is 9.59 Å². The van der Waals surface area contributed by atoms with Gasteiger partial charge in [-0.3, -0.25) is 9.59 Å². The normalized spacial score (nSPS) is 15.0. The number of nitrogens with one attached hydrogen (secondary N) is 1. The average molecular weight is 449 g/mol. The maximum atomic E-state index is 12.5. The van der Waals surface area contributed by atoms with Crippen molar-refractivity contribution in [3.8, 4) is 0 Å². The van der Waals surface area contributed by atoms with Crippen molar-refractivity contribution in [1.82, 2.24) is 9.80 Å². The Kier molecular flexibility index (Phi) is 5.70. The highest BCUT2D eigenvalue weighted by Gasteiger charge is 2.20. The Bertz CT molecular complexity index is 768. The molecule has 1 aliphatic rings. The first-order valence-electron chi connectivity index (χ1n) is 8.18. The van der Waals surface area contributed by atoms with Crippen LogP contribution in [-0.4, -0.2) is 54.8 Å². The van der Waals surface area contributed by atoms with Gasteiger partial charge >= 0.3 is 0 Å². The smallest absolute Gasteiger partial charge is 0.256 e. The van der Waals surface area contributed by atoms with E-state index in [1.54, 1.807) is 30.3 Å². The molecule has 2 aromatic carbocycles. The third kappa shape index (κ3) is 4.38. The highest BCUT2D eigenvalue weighted by atomic mass is 127. The van der Waals surface area contributed by atoms with E-state index in [9.17, 15) is 9.59 Å². The Labute approximate surface area is 161 Å². The molecule has 0 unspecified atom stereocenters. The summed E-state index contributed by atoms with van der Waals surface area (Å²) in [6.07, 6.45) is 0. The van der Waals surface area contributed by atoms with Crippen LogP contribution in [0.5, 0.6) is 0 Å². The van der Waals surface area contributed by atoms with Crippen molar-refractivity contribution in [2.75, 3.05) is 38.5 Å². The predicted molar refractivity (Wildman–Crippen MR) is 107 cm³/mol. The van der Waals surface area contributed by atoms with Gasteiger partial charge in [0.15, 0.2) is 0 Å². The van der Waals surface area contributed by atoms with E-state index in [1.165, 1.54) is 0 Å². The number of halogens is 1. The van der Waals surface area contributed by atoms with Crippen LogP contribution in [0, 0.1) is 3.57 Å². The van der Waals surface area contributed by atoms with Gasteiger partial charge in [-0.25, -0.2) is 0 Å². The summed E-state index contributed by atoms with van der Waals surface area (Å²) in [6.45, 7) is 3.30. The van der Waals surface area contributed by atoms with Crippen molar-refractivity contribution >= 4 is 40.1 Å². The van der Waals surface area contributed by atoms with Crippen LogP contribution in [0.15, 0.2) is 48.5 Å². The van der Waals surface area contributed by atoms with Crippen LogP contribution < -0.4 is 5.32 Å². The first-order chi connectivity index (χ1) is 12.0. The van der Waals surface area contributed by atoms with E-state index in [1.807, 2.05) is 23.1 Å². The minimum Gasteiger partial charge on any atom is -0.336 e. The molecule has 25 heavy (non-hydrogen) atoms. The van der Waals surface area contributed by atoms with Crippen molar-refractivity contribution in [3.63, 3.8) is 0 Å². The molecule has 6 heteroatoms. The number of carbonyl (C=O) groups is 2. The molecule has 0 spiro atoms. The average Bonchev–Trinajstić information content (AvgIpc) is 2.63. The van der Waals surface area contributed by atoms with E-state index in [0.717, 1.165) is 29.7 Å². The zero-order valence-corrected chi connectivity index (χ0v) is 16.2. The number of rotatable bonds is 3. The van der Waals surface area contributed by atoms with Crippen LogP contribution in [0.4, 0.5) is 5.69 Å². The van der Waals surface area contributed by atoms with Gasteiger partial charge in [0.25, 0.3) is 11.8 Å². The number of amides is 2. The van der Waals surface area contributed by atoms with E-state index < -0.39 is 0 Å². The van der Waals surface area contributed by atoms with E-state index >= 15 is 0 Å². The molecule has 3 rings (SSSR count). The van der Waals surface area contributed by atoms with Gasteiger partial charge in [-0.2, -0.15) is 0 Å². The largest absolute Gasteiger partial charge is 0.336 e. The van der Waals surface area contributed by atoms with Crippen molar-refractivity contribution in [2.24, 2.45) is 0 Å². The predicted octanol–water partition coefficient (Wildman–Crippen LogP) is 2.93. The lowest BCUT2D eigenvalue weighted by Crippen LogP contribution is -2.47. The third-order valence-corrected chi connectivity index (χ3v) is 5.24. The number of piperazine rings is 1. The molecule has 1 aliphatic heterocycles. The Balaban J connectivity index is 1.65. The zero-order chi connectivity index (χ0) is 17.8. The van der Waals surface area contributed by atoms with Gasteiger partial charge < -0.3 is 15.1 Å². The Morgan fingerprint density at radius 3 is 2.24 bits per heavy atom. The zero-order valence-electron chi connectivity index (χ0n) is 14.0. The molecular formula is C19H20IN3O2. The van der Waals surface area contributed by atoms with Crippen molar-refractivity contribution in [1.29, 1.82) is 0 Å². The molecular weight excluding hydrogens is 429 g/mol. The standard InChI is InChI=1S/C19H20IN3O2/c1-22-10-12-23(13-11-22)19(25)14-6-8-15(9-7-14)21-18(24)16-4-2-3-5-17(16)20/h2-9H,10-13H2,1H3,(H,21,24). The number of anilines is 1. The number of carbonyl (C=O) groups excluding carboxylic acids is 2. The first-order valence-corrected chi connectivity index (χ1v) is 9.26. The van der Waals surface area contributed by atoms with Crippen LogP contribution in [0.2, 0.25) is 0 Å². The lowest BCUT2D eigenvalue weighted by molar-refractivity contribution is 0.0664. The van der Waals surface area contributed by atoms with Gasteiger partial charge in [0.1, 0.15) is 0 Å². The summed E-state index contributed by atoms with van der Waals surface area (Å²) in [7, 11) is 2.06.